The third kappa shape index (κ3) is 5.11. The largest absolute Gasteiger partial charge is 0.454 e. The number of hydrogen-bond donors (Lipinski definition) is 1. The van der Waals surface area contributed by atoms with Crippen molar-refractivity contribution >= 4 is 29.4 Å². The van der Waals surface area contributed by atoms with Gasteiger partial charge in [-0.15, -0.1) is 0 Å². The summed E-state index contributed by atoms with van der Waals surface area (Å²) in [5, 5.41) is 11.9. The molecule has 168 valence electrons. The van der Waals surface area contributed by atoms with Crippen LogP contribution in [0.3, 0.4) is 0 Å². The molecule has 3 aromatic carbocycles. The van der Waals surface area contributed by atoms with Gasteiger partial charge in [0.05, 0.1) is 5.69 Å². The van der Waals surface area contributed by atoms with Gasteiger partial charge >= 0.3 is 5.97 Å². The molecule has 1 N–H and O–H groups in total. The van der Waals surface area contributed by atoms with Crippen molar-refractivity contribution in [1.29, 1.82) is 5.26 Å². The minimum absolute atomic E-state index is 0.102. The third-order valence-electron chi connectivity index (χ3n) is 4.86. The normalized spacial score (nSPS) is 11.9. The molecule has 34 heavy (non-hydrogen) atoms. The lowest BCUT2D eigenvalue weighted by atomic mass is 10.0. The van der Waals surface area contributed by atoms with Crippen LogP contribution >= 0.6 is 0 Å². The number of nitriles is 1. The van der Waals surface area contributed by atoms with E-state index in [2.05, 4.69) is 5.32 Å². The molecule has 0 fully saturated rings. The molecule has 8 heteroatoms. The Bertz CT molecular complexity index is 1320. The molecule has 1 aliphatic rings. The van der Waals surface area contributed by atoms with Gasteiger partial charge in [0.1, 0.15) is 11.6 Å². The lowest BCUT2D eigenvalue weighted by Gasteiger charge is -2.11. The maximum atomic E-state index is 12.8. The van der Waals surface area contributed by atoms with E-state index in [0.29, 0.717) is 28.2 Å². The highest BCUT2D eigenvalue weighted by atomic mass is 16.7. The minimum atomic E-state index is -0.955. The molecule has 0 aliphatic carbocycles. The van der Waals surface area contributed by atoms with Gasteiger partial charge in [0.25, 0.3) is 5.91 Å². The SMILES string of the molecule is N#C/C(=C/c1ccc2c(c1)OCO2)C(=O)OCC(=O)Nc1ccccc1C(=O)c1ccccc1. The van der Waals surface area contributed by atoms with E-state index in [-0.39, 0.29) is 23.8 Å². The average molecular weight is 454 g/mol. The maximum absolute atomic E-state index is 12.8. The minimum Gasteiger partial charge on any atom is -0.454 e. The fourth-order valence-corrected chi connectivity index (χ4v) is 3.24. The number of carbonyl (C=O) groups is 3. The maximum Gasteiger partial charge on any atom is 0.349 e. The van der Waals surface area contributed by atoms with Crippen molar-refractivity contribution in [3.05, 3.63) is 95.1 Å². The van der Waals surface area contributed by atoms with Gasteiger partial charge in [-0.2, -0.15) is 5.26 Å². The fraction of sp³-hybridized carbons (Fsp3) is 0.0769. The van der Waals surface area contributed by atoms with Crippen molar-refractivity contribution in [3.8, 4) is 17.6 Å². The number of ether oxygens (including phenoxy) is 3. The first-order valence-electron chi connectivity index (χ1n) is 10.2. The van der Waals surface area contributed by atoms with E-state index in [4.69, 9.17) is 14.2 Å². The first-order valence-corrected chi connectivity index (χ1v) is 10.2. The summed E-state index contributed by atoms with van der Waals surface area (Å²) in [6.07, 6.45) is 1.33. The highest BCUT2D eigenvalue weighted by Crippen LogP contribution is 2.33. The summed E-state index contributed by atoms with van der Waals surface area (Å²) >= 11 is 0. The Labute approximate surface area is 195 Å². The summed E-state index contributed by atoms with van der Waals surface area (Å²) in [4.78, 5) is 37.5. The number of carbonyl (C=O) groups excluding carboxylic acids is 3. The number of esters is 1. The topological polar surface area (TPSA) is 115 Å². The van der Waals surface area contributed by atoms with Crippen LogP contribution in [0.4, 0.5) is 5.69 Å². The van der Waals surface area contributed by atoms with E-state index >= 15 is 0 Å². The molecular weight excluding hydrogens is 436 g/mol. The molecule has 1 amide bonds. The van der Waals surface area contributed by atoms with Crippen molar-refractivity contribution in [2.75, 3.05) is 18.7 Å². The van der Waals surface area contributed by atoms with Crippen molar-refractivity contribution in [1.82, 2.24) is 0 Å². The van der Waals surface area contributed by atoms with Gasteiger partial charge in [0.15, 0.2) is 23.9 Å². The predicted molar refractivity (Wildman–Crippen MR) is 122 cm³/mol. The van der Waals surface area contributed by atoms with Crippen LogP contribution in [-0.2, 0) is 14.3 Å². The molecule has 8 nitrogen and oxygen atoms in total. The lowest BCUT2D eigenvalue weighted by molar-refractivity contribution is -0.142. The van der Waals surface area contributed by atoms with Crippen LogP contribution in [0.2, 0.25) is 0 Å². The van der Waals surface area contributed by atoms with Crippen molar-refractivity contribution in [2.45, 2.75) is 0 Å². The summed E-state index contributed by atoms with van der Waals surface area (Å²) in [6.45, 7) is -0.530. The van der Waals surface area contributed by atoms with Gasteiger partial charge in [-0.05, 0) is 35.9 Å². The second-order valence-electron chi connectivity index (χ2n) is 7.15. The van der Waals surface area contributed by atoms with Crippen molar-refractivity contribution in [2.24, 2.45) is 0 Å². The van der Waals surface area contributed by atoms with E-state index in [1.54, 1.807) is 78.9 Å². The van der Waals surface area contributed by atoms with E-state index in [1.165, 1.54) is 6.08 Å². The van der Waals surface area contributed by atoms with Crippen LogP contribution < -0.4 is 14.8 Å². The zero-order chi connectivity index (χ0) is 23.9. The molecule has 3 aromatic rings. The Morgan fingerprint density at radius 2 is 1.71 bits per heavy atom. The summed E-state index contributed by atoms with van der Waals surface area (Å²) in [5.74, 6) is -0.790. The van der Waals surface area contributed by atoms with Gasteiger partial charge < -0.3 is 19.5 Å². The van der Waals surface area contributed by atoms with E-state index in [9.17, 15) is 19.6 Å². The second kappa shape index (κ2) is 10.1. The number of benzene rings is 3. The standard InChI is InChI=1S/C26H18N2O6/c27-14-19(12-17-10-11-22-23(13-17)34-16-33-22)26(31)32-15-24(29)28-21-9-5-4-8-20(21)25(30)18-6-2-1-3-7-18/h1-13H,15-16H2,(H,28,29)/b19-12-. The number of rotatable bonds is 7. The molecule has 0 bridgehead atoms. The number of ketones is 1. The number of nitrogens with zero attached hydrogens (tertiary/aromatic N) is 1. The summed E-state index contributed by atoms with van der Waals surface area (Å²) < 4.78 is 15.5. The second-order valence-corrected chi connectivity index (χ2v) is 7.15. The summed E-state index contributed by atoms with van der Waals surface area (Å²) in [7, 11) is 0. The molecular formula is C26H18N2O6. The average Bonchev–Trinajstić information content (AvgIpc) is 3.34. The third-order valence-corrected chi connectivity index (χ3v) is 4.86. The van der Waals surface area contributed by atoms with Gasteiger partial charge in [-0.3, -0.25) is 9.59 Å². The van der Waals surface area contributed by atoms with Gasteiger partial charge in [-0.25, -0.2) is 4.79 Å². The van der Waals surface area contributed by atoms with Crippen molar-refractivity contribution in [3.63, 3.8) is 0 Å². The summed E-state index contributed by atoms with van der Waals surface area (Å²) in [5.41, 5.74) is 1.31. The van der Waals surface area contributed by atoms with Crippen LogP contribution in [0.5, 0.6) is 11.5 Å². The van der Waals surface area contributed by atoms with Crippen LogP contribution in [0.15, 0.2) is 78.4 Å². The molecule has 1 heterocycles. The smallest absolute Gasteiger partial charge is 0.349 e. The highest BCUT2D eigenvalue weighted by Gasteiger charge is 2.18. The van der Waals surface area contributed by atoms with E-state index in [0.717, 1.165) is 0 Å². The molecule has 0 unspecified atom stereocenters. The van der Waals surface area contributed by atoms with Crippen LogP contribution in [0.1, 0.15) is 21.5 Å². The van der Waals surface area contributed by atoms with Crippen LogP contribution in [0, 0.1) is 11.3 Å². The Balaban J connectivity index is 1.40. The molecule has 0 spiro atoms. The Hall–Kier alpha value is -4.90. The fourth-order valence-electron chi connectivity index (χ4n) is 3.24. The van der Waals surface area contributed by atoms with Gasteiger partial charge in [-0.1, -0.05) is 48.5 Å². The quantitative estimate of drug-likeness (QED) is 0.250. The lowest BCUT2D eigenvalue weighted by Crippen LogP contribution is -2.22. The number of hydrogen-bond acceptors (Lipinski definition) is 7. The number of amides is 1. The zero-order valence-electron chi connectivity index (χ0n) is 17.8. The van der Waals surface area contributed by atoms with Gasteiger partial charge in [0.2, 0.25) is 6.79 Å². The van der Waals surface area contributed by atoms with E-state index in [1.807, 2.05) is 0 Å². The number of anilines is 1. The first kappa shape index (κ1) is 22.3. The van der Waals surface area contributed by atoms with Crippen LogP contribution in [0.25, 0.3) is 6.08 Å². The molecule has 1 aliphatic heterocycles. The first-order chi connectivity index (χ1) is 16.5. The monoisotopic (exact) mass is 454 g/mol. The Morgan fingerprint density at radius 3 is 2.50 bits per heavy atom. The van der Waals surface area contributed by atoms with Crippen LogP contribution in [-0.4, -0.2) is 31.1 Å². The number of fused-ring (bicyclic) bond motifs is 1. The number of para-hydroxylation sites is 1. The Kier molecular flexibility index (Phi) is 6.65. The molecule has 0 aromatic heterocycles. The van der Waals surface area contributed by atoms with Crippen molar-refractivity contribution < 1.29 is 28.6 Å². The molecule has 0 radical (unpaired) electrons. The molecule has 0 saturated heterocycles. The summed E-state index contributed by atoms with van der Waals surface area (Å²) in [6, 6.07) is 21.9. The van der Waals surface area contributed by atoms with Gasteiger partial charge in [0, 0.05) is 11.1 Å². The van der Waals surface area contributed by atoms with E-state index < -0.39 is 18.5 Å². The predicted octanol–water partition coefficient (Wildman–Crippen LogP) is 3.74. The zero-order valence-corrected chi connectivity index (χ0v) is 17.8. The molecule has 0 atom stereocenters. The molecule has 4 rings (SSSR count). The Morgan fingerprint density at radius 1 is 0.971 bits per heavy atom. The highest BCUT2D eigenvalue weighted by molar-refractivity contribution is 6.14. The molecule has 0 saturated carbocycles. The number of nitrogens with one attached hydrogen (secondary N) is 1.